The van der Waals surface area contributed by atoms with E-state index in [0.717, 1.165) is 10.4 Å². The number of hydrogen-bond donors (Lipinski definition) is 0. The predicted octanol–water partition coefficient (Wildman–Crippen LogP) is 2.68. The molecule has 0 amide bonds. The van der Waals surface area contributed by atoms with E-state index in [0.29, 0.717) is 5.56 Å². The van der Waals surface area contributed by atoms with Crippen LogP contribution in [0, 0.1) is 10.1 Å². The van der Waals surface area contributed by atoms with E-state index in [1.165, 1.54) is 37.4 Å². The number of anilines is 1. The number of benzene rings is 2. The molecule has 2 aromatic rings. The Morgan fingerprint density at radius 3 is 2.37 bits per heavy atom. The SMILES string of the molecule is CN(C)/C=C/C(=O)c1cccc(N(C)S(=O)(=O)c2cccc([N+](=O)[O-])c2)c1. The molecule has 0 saturated carbocycles. The highest BCUT2D eigenvalue weighted by Gasteiger charge is 2.23. The number of sulfonamides is 1. The lowest BCUT2D eigenvalue weighted by molar-refractivity contribution is -0.385. The van der Waals surface area contributed by atoms with E-state index in [4.69, 9.17) is 0 Å². The molecule has 9 heteroatoms. The van der Waals surface area contributed by atoms with Crippen molar-refractivity contribution in [2.24, 2.45) is 0 Å². The van der Waals surface area contributed by atoms with Gasteiger partial charge in [-0.3, -0.25) is 19.2 Å². The highest BCUT2D eigenvalue weighted by atomic mass is 32.2. The number of nitro benzene ring substituents is 1. The van der Waals surface area contributed by atoms with Crippen molar-refractivity contribution in [1.29, 1.82) is 0 Å². The fourth-order valence-electron chi connectivity index (χ4n) is 2.22. The lowest BCUT2D eigenvalue weighted by Gasteiger charge is -2.20. The zero-order chi connectivity index (χ0) is 20.2. The number of allylic oxidation sites excluding steroid dienone is 1. The Hall–Kier alpha value is -3.20. The maximum atomic E-state index is 12.8. The van der Waals surface area contributed by atoms with E-state index in [-0.39, 0.29) is 22.1 Å². The summed E-state index contributed by atoms with van der Waals surface area (Å²) in [6.07, 6.45) is 2.98. The molecule has 8 nitrogen and oxygen atoms in total. The molecule has 0 aromatic heterocycles. The Morgan fingerprint density at radius 2 is 1.74 bits per heavy atom. The Morgan fingerprint density at radius 1 is 1.07 bits per heavy atom. The number of rotatable bonds is 7. The Balaban J connectivity index is 2.38. The van der Waals surface area contributed by atoms with Crippen LogP contribution in [0.3, 0.4) is 0 Å². The van der Waals surface area contributed by atoms with Crippen LogP contribution in [-0.4, -0.2) is 45.2 Å². The van der Waals surface area contributed by atoms with Crippen molar-refractivity contribution >= 4 is 27.2 Å². The number of nitrogens with zero attached hydrogens (tertiary/aromatic N) is 3. The third kappa shape index (κ3) is 4.70. The van der Waals surface area contributed by atoms with E-state index in [1.54, 1.807) is 43.4 Å². The molecular formula is C18H19N3O5S. The van der Waals surface area contributed by atoms with Gasteiger partial charge in [0.25, 0.3) is 15.7 Å². The second kappa shape index (κ2) is 8.00. The molecule has 0 radical (unpaired) electrons. The minimum atomic E-state index is -4.02. The summed E-state index contributed by atoms with van der Waals surface area (Å²) in [6, 6.07) is 11.0. The number of carbonyl (C=O) groups is 1. The fraction of sp³-hybridized carbons (Fsp3) is 0.167. The van der Waals surface area contributed by atoms with Crippen LogP contribution in [0.1, 0.15) is 10.4 Å². The summed E-state index contributed by atoms with van der Waals surface area (Å²) in [5, 5.41) is 10.9. The molecule has 0 unspecified atom stereocenters. The molecule has 0 saturated heterocycles. The van der Waals surface area contributed by atoms with E-state index >= 15 is 0 Å². The van der Waals surface area contributed by atoms with Gasteiger partial charge in [-0.05, 0) is 18.2 Å². The summed E-state index contributed by atoms with van der Waals surface area (Å²) >= 11 is 0. The monoisotopic (exact) mass is 389 g/mol. The average Bonchev–Trinajstić information content (AvgIpc) is 2.65. The van der Waals surface area contributed by atoms with Crippen LogP contribution in [-0.2, 0) is 10.0 Å². The molecule has 0 aliphatic heterocycles. The largest absolute Gasteiger partial charge is 0.383 e. The smallest absolute Gasteiger partial charge is 0.270 e. The van der Waals surface area contributed by atoms with Crippen molar-refractivity contribution in [3.8, 4) is 0 Å². The highest BCUT2D eigenvalue weighted by Crippen LogP contribution is 2.25. The standard InChI is InChI=1S/C18H19N3O5S/c1-19(2)11-10-18(22)14-6-4-7-15(12-14)20(3)27(25,26)17-9-5-8-16(13-17)21(23)24/h4-13H,1-3H3/b11-10+. The van der Waals surface area contributed by atoms with Crippen LogP contribution in [0.5, 0.6) is 0 Å². The summed E-state index contributed by atoms with van der Waals surface area (Å²) in [6.45, 7) is 0. The van der Waals surface area contributed by atoms with Gasteiger partial charge in [0, 0.05) is 51.1 Å². The Kier molecular flexibility index (Phi) is 5.96. The molecule has 2 rings (SSSR count). The van der Waals surface area contributed by atoms with Crippen molar-refractivity contribution in [2.45, 2.75) is 4.90 Å². The molecular weight excluding hydrogens is 370 g/mol. The third-order valence-corrected chi connectivity index (χ3v) is 5.49. The lowest BCUT2D eigenvalue weighted by atomic mass is 10.1. The van der Waals surface area contributed by atoms with Crippen LogP contribution in [0.25, 0.3) is 0 Å². The Labute approximate surface area is 157 Å². The molecule has 27 heavy (non-hydrogen) atoms. The third-order valence-electron chi connectivity index (χ3n) is 3.71. The number of hydrogen-bond acceptors (Lipinski definition) is 6. The maximum Gasteiger partial charge on any atom is 0.270 e. The fourth-order valence-corrected chi connectivity index (χ4v) is 3.45. The zero-order valence-electron chi connectivity index (χ0n) is 15.1. The predicted molar refractivity (Wildman–Crippen MR) is 102 cm³/mol. The molecule has 142 valence electrons. The van der Waals surface area contributed by atoms with E-state index in [9.17, 15) is 23.3 Å². The number of nitro groups is 1. The van der Waals surface area contributed by atoms with E-state index in [2.05, 4.69) is 0 Å². The molecule has 0 fully saturated rings. The van der Waals surface area contributed by atoms with Crippen molar-refractivity contribution in [3.63, 3.8) is 0 Å². The van der Waals surface area contributed by atoms with Crippen molar-refractivity contribution in [3.05, 3.63) is 76.5 Å². The lowest BCUT2D eigenvalue weighted by Crippen LogP contribution is -2.26. The minimum absolute atomic E-state index is 0.205. The minimum Gasteiger partial charge on any atom is -0.383 e. The van der Waals surface area contributed by atoms with Crippen molar-refractivity contribution in [1.82, 2.24) is 4.90 Å². The van der Waals surface area contributed by atoms with Gasteiger partial charge < -0.3 is 4.90 Å². The van der Waals surface area contributed by atoms with E-state index < -0.39 is 14.9 Å². The second-order valence-electron chi connectivity index (χ2n) is 5.92. The molecule has 0 heterocycles. The van der Waals surface area contributed by atoms with Crippen molar-refractivity contribution in [2.75, 3.05) is 25.4 Å². The van der Waals surface area contributed by atoms with E-state index in [1.807, 2.05) is 0 Å². The first-order valence-electron chi connectivity index (χ1n) is 7.85. The van der Waals surface area contributed by atoms with Gasteiger partial charge in [0.1, 0.15) is 0 Å². The van der Waals surface area contributed by atoms with Gasteiger partial charge in [0.15, 0.2) is 5.78 Å². The summed E-state index contributed by atoms with van der Waals surface area (Å²) in [4.78, 5) is 24.0. The van der Waals surface area contributed by atoms with Crippen LogP contribution in [0.4, 0.5) is 11.4 Å². The van der Waals surface area contributed by atoms with Gasteiger partial charge in [-0.25, -0.2) is 8.42 Å². The molecule has 2 aromatic carbocycles. The summed E-state index contributed by atoms with van der Waals surface area (Å²) in [7, 11) is 0.857. The summed E-state index contributed by atoms with van der Waals surface area (Å²) in [5.41, 5.74) is 0.277. The summed E-state index contributed by atoms with van der Waals surface area (Å²) in [5.74, 6) is -0.272. The molecule has 0 aliphatic carbocycles. The molecule has 0 bridgehead atoms. The zero-order valence-corrected chi connectivity index (χ0v) is 15.9. The summed E-state index contributed by atoms with van der Waals surface area (Å²) < 4.78 is 26.6. The first-order chi connectivity index (χ1) is 12.6. The van der Waals surface area contributed by atoms with Gasteiger partial charge in [-0.1, -0.05) is 18.2 Å². The van der Waals surface area contributed by atoms with Gasteiger partial charge >= 0.3 is 0 Å². The normalized spacial score (nSPS) is 11.4. The maximum absolute atomic E-state index is 12.8. The van der Waals surface area contributed by atoms with Crippen molar-refractivity contribution < 1.29 is 18.1 Å². The highest BCUT2D eigenvalue weighted by molar-refractivity contribution is 7.92. The molecule has 0 atom stereocenters. The molecule has 0 spiro atoms. The number of carbonyl (C=O) groups excluding carboxylic acids is 1. The van der Waals surface area contributed by atoms with Gasteiger partial charge in [0.2, 0.25) is 0 Å². The van der Waals surface area contributed by atoms with Gasteiger partial charge in [-0.2, -0.15) is 0 Å². The average molecular weight is 389 g/mol. The molecule has 0 N–H and O–H groups in total. The Bertz CT molecular complexity index is 1000. The van der Waals surface area contributed by atoms with Gasteiger partial charge in [-0.15, -0.1) is 0 Å². The first kappa shape index (κ1) is 20.1. The second-order valence-corrected chi connectivity index (χ2v) is 7.89. The first-order valence-corrected chi connectivity index (χ1v) is 9.29. The van der Waals surface area contributed by atoms with Crippen LogP contribution < -0.4 is 4.31 Å². The molecule has 0 aliphatic rings. The van der Waals surface area contributed by atoms with Crippen LogP contribution >= 0.6 is 0 Å². The number of non-ortho nitro benzene ring substituents is 1. The van der Waals surface area contributed by atoms with Crippen LogP contribution in [0.2, 0.25) is 0 Å². The number of ketones is 1. The quantitative estimate of drug-likeness (QED) is 0.312. The van der Waals surface area contributed by atoms with Gasteiger partial charge in [0.05, 0.1) is 15.5 Å². The van der Waals surface area contributed by atoms with Crippen LogP contribution in [0.15, 0.2) is 65.7 Å². The topological polar surface area (TPSA) is 101 Å².